The molecule has 1 aliphatic heterocycles. The molecule has 0 spiro atoms. The van der Waals surface area contributed by atoms with E-state index in [9.17, 15) is 0 Å². The standard InChI is InChI=1S/C12H22N4/c1-10(2)16-8-5-12(14-16)9-15-6-3-11(13)4-7-15/h5,8,10-11H,3-4,6-7,9,13H2,1-2H3. The van der Waals surface area contributed by atoms with Crippen LogP contribution in [0.4, 0.5) is 0 Å². The SMILES string of the molecule is CC(C)n1ccc(CN2CCC(N)CC2)n1. The first kappa shape index (κ1) is 11.6. The summed E-state index contributed by atoms with van der Waals surface area (Å²) in [5.74, 6) is 0. The Hall–Kier alpha value is -0.870. The third-order valence-corrected chi connectivity index (χ3v) is 3.21. The average molecular weight is 222 g/mol. The van der Waals surface area contributed by atoms with Crippen LogP contribution in [0.15, 0.2) is 12.3 Å². The maximum atomic E-state index is 5.89. The topological polar surface area (TPSA) is 47.1 Å². The van der Waals surface area contributed by atoms with E-state index in [1.165, 1.54) is 5.69 Å². The van der Waals surface area contributed by atoms with E-state index in [2.05, 4.69) is 36.1 Å². The largest absolute Gasteiger partial charge is 0.328 e. The molecule has 1 aliphatic rings. The van der Waals surface area contributed by atoms with Crippen LogP contribution < -0.4 is 5.73 Å². The van der Waals surface area contributed by atoms with E-state index in [1.807, 2.05) is 4.68 Å². The molecular weight excluding hydrogens is 200 g/mol. The van der Waals surface area contributed by atoms with Crippen LogP contribution in [0.25, 0.3) is 0 Å². The predicted octanol–water partition coefficient (Wildman–Crippen LogP) is 1.39. The minimum Gasteiger partial charge on any atom is -0.328 e. The number of rotatable bonds is 3. The van der Waals surface area contributed by atoms with Gasteiger partial charge in [0.05, 0.1) is 5.69 Å². The monoisotopic (exact) mass is 222 g/mol. The van der Waals surface area contributed by atoms with Gasteiger partial charge in [-0.1, -0.05) is 0 Å². The zero-order valence-corrected chi connectivity index (χ0v) is 10.3. The first-order valence-electron chi connectivity index (χ1n) is 6.17. The highest BCUT2D eigenvalue weighted by Crippen LogP contribution is 2.12. The van der Waals surface area contributed by atoms with Gasteiger partial charge in [-0.3, -0.25) is 9.58 Å². The molecule has 4 heteroatoms. The quantitative estimate of drug-likeness (QED) is 0.840. The molecule has 16 heavy (non-hydrogen) atoms. The second-order valence-corrected chi connectivity index (χ2v) is 4.99. The maximum absolute atomic E-state index is 5.89. The molecule has 1 aromatic heterocycles. The van der Waals surface area contributed by atoms with Gasteiger partial charge in [-0.2, -0.15) is 5.10 Å². The van der Waals surface area contributed by atoms with Crippen LogP contribution in [0.2, 0.25) is 0 Å². The van der Waals surface area contributed by atoms with E-state index < -0.39 is 0 Å². The van der Waals surface area contributed by atoms with E-state index in [4.69, 9.17) is 5.73 Å². The lowest BCUT2D eigenvalue weighted by atomic mass is 10.1. The molecule has 0 aromatic carbocycles. The molecule has 2 rings (SSSR count). The Kier molecular flexibility index (Phi) is 3.61. The molecule has 0 radical (unpaired) electrons. The number of hydrogen-bond donors (Lipinski definition) is 1. The number of nitrogens with zero attached hydrogens (tertiary/aromatic N) is 3. The summed E-state index contributed by atoms with van der Waals surface area (Å²) in [6.45, 7) is 7.48. The van der Waals surface area contributed by atoms with Gasteiger partial charge in [0, 0.05) is 37.9 Å². The van der Waals surface area contributed by atoms with Crippen molar-refractivity contribution in [3.8, 4) is 0 Å². The summed E-state index contributed by atoms with van der Waals surface area (Å²) in [6, 6.07) is 2.97. The van der Waals surface area contributed by atoms with Gasteiger partial charge in [0.25, 0.3) is 0 Å². The van der Waals surface area contributed by atoms with Gasteiger partial charge in [-0.05, 0) is 32.8 Å². The highest BCUT2D eigenvalue weighted by Gasteiger charge is 2.16. The molecule has 0 atom stereocenters. The minimum atomic E-state index is 0.407. The van der Waals surface area contributed by atoms with Crippen LogP contribution in [-0.4, -0.2) is 33.8 Å². The molecular formula is C12H22N4. The van der Waals surface area contributed by atoms with Crippen molar-refractivity contribution in [3.63, 3.8) is 0 Å². The van der Waals surface area contributed by atoms with E-state index >= 15 is 0 Å². The fourth-order valence-corrected chi connectivity index (χ4v) is 2.09. The summed E-state index contributed by atoms with van der Waals surface area (Å²) in [5, 5.41) is 4.57. The Morgan fingerprint density at radius 2 is 2.12 bits per heavy atom. The van der Waals surface area contributed by atoms with Crippen molar-refractivity contribution in [2.24, 2.45) is 5.73 Å². The molecule has 0 aliphatic carbocycles. The Balaban J connectivity index is 1.88. The van der Waals surface area contributed by atoms with Gasteiger partial charge >= 0.3 is 0 Å². The zero-order chi connectivity index (χ0) is 11.5. The maximum Gasteiger partial charge on any atom is 0.0764 e. The molecule has 2 heterocycles. The fourth-order valence-electron chi connectivity index (χ4n) is 2.09. The van der Waals surface area contributed by atoms with Crippen molar-refractivity contribution in [1.29, 1.82) is 0 Å². The van der Waals surface area contributed by atoms with Gasteiger partial charge < -0.3 is 5.73 Å². The van der Waals surface area contributed by atoms with Crippen molar-refractivity contribution in [2.45, 2.75) is 45.3 Å². The molecule has 90 valence electrons. The number of piperidine rings is 1. The van der Waals surface area contributed by atoms with Gasteiger partial charge in [0.15, 0.2) is 0 Å². The zero-order valence-electron chi connectivity index (χ0n) is 10.3. The van der Waals surface area contributed by atoms with Crippen LogP contribution in [0.1, 0.15) is 38.4 Å². The van der Waals surface area contributed by atoms with Crippen LogP contribution in [0.5, 0.6) is 0 Å². The van der Waals surface area contributed by atoms with Crippen LogP contribution >= 0.6 is 0 Å². The molecule has 1 aromatic rings. The summed E-state index contributed by atoms with van der Waals surface area (Å²) >= 11 is 0. The van der Waals surface area contributed by atoms with Crippen molar-refractivity contribution < 1.29 is 0 Å². The Labute approximate surface area is 97.4 Å². The summed E-state index contributed by atoms with van der Waals surface area (Å²) in [5.41, 5.74) is 7.06. The Morgan fingerprint density at radius 3 is 2.69 bits per heavy atom. The second-order valence-electron chi connectivity index (χ2n) is 4.99. The molecule has 4 nitrogen and oxygen atoms in total. The van der Waals surface area contributed by atoms with E-state index in [-0.39, 0.29) is 0 Å². The van der Waals surface area contributed by atoms with Crippen LogP contribution in [-0.2, 0) is 6.54 Å². The third-order valence-electron chi connectivity index (χ3n) is 3.21. The average Bonchev–Trinajstić information content (AvgIpc) is 2.70. The van der Waals surface area contributed by atoms with E-state index in [0.29, 0.717) is 12.1 Å². The van der Waals surface area contributed by atoms with Crippen molar-refractivity contribution in [1.82, 2.24) is 14.7 Å². The first-order valence-corrected chi connectivity index (χ1v) is 6.17. The summed E-state index contributed by atoms with van der Waals surface area (Å²) in [7, 11) is 0. The number of hydrogen-bond acceptors (Lipinski definition) is 3. The summed E-state index contributed by atoms with van der Waals surface area (Å²) in [4.78, 5) is 2.44. The molecule has 1 fully saturated rings. The lowest BCUT2D eigenvalue weighted by molar-refractivity contribution is 0.203. The fraction of sp³-hybridized carbons (Fsp3) is 0.750. The van der Waals surface area contributed by atoms with E-state index in [1.54, 1.807) is 0 Å². The van der Waals surface area contributed by atoms with Crippen molar-refractivity contribution >= 4 is 0 Å². The Bertz CT molecular complexity index is 324. The summed E-state index contributed by atoms with van der Waals surface area (Å²) < 4.78 is 2.02. The molecule has 1 saturated heterocycles. The van der Waals surface area contributed by atoms with Gasteiger partial charge in [-0.15, -0.1) is 0 Å². The third kappa shape index (κ3) is 2.83. The van der Waals surface area contributed by atoms with Gasteiger partial charge in [0.2, 0.25) is 0 Å². The predicted molar refractivity (Wildman–Crippen MR) is 65.1 cm³/mol. The number of aromatic nitrogens is 2. The smallest absolute Gasteiger partial charge is 0.0764 e. The second kappa shape index (κ2) is 4.97. The number of likely N-dealkylation sites (tertiary alicyclic amines) is 1. The highest BCUT2D eigenvalue weighted by molar-refractivity contribution is 4.99. The lowest BCUT2D eigenvalue weighted by Gasteiger charge is -2.29. The number of nitrogens with two attached hydrogens (primary N) is 1. The molecule has 0 unspecified atom stereocenters. The van der Waals surface area contributed by atoms with Crippen molar-refractivity contribution in [2.75, 3.05) is 13.1 Å². The molecule has 0 amide bonds. The van der Waals surface area contributed by atoms with Crippen LogP contribution in [0, 0.1) is 0 Å². The van der Waals surface area contributed by atoms with Crippen LogP contribution in [0.3, 0.4) is 0 Å². The normalized spacial score (nSPS) is 19.5. The first-order chi connectivity index (χ1) is 7.65. The summed E-state index contributed by atoms with van der Waals surface area (Å²) in [6.07, 6.45) is 4.30. The van der Waals surface area contributed by atoms with Gasteiger partial charge in [-0.25, -0.2) is 0 Å². The lowest BCUT2D eigenvalue weighted by Crippen LogP contribution is -2.39. The van der Waals surface area contributed by atoms with Gasteiger partial charge in [0.1, 0.15) is 0 Å². The Morgan fingerprint density at radius 1 is 1.44 bits per heavy atom. The highest BCUT2D eigenvalue weighted by atomic mass is 15.3. The van der Waals surface area contributed by atoms with E-state index in [0.717, 1.165) is 32.5 Å². The molecule has 0 saturated carbocycles. The molecule has 0 bridgehead atoms. The van der Waals surface area contributed by atoms with Crippen molar-refractivity contribution in [3.05, 3.63) is 18.0 Å². The molecule has 2 N–H and O–H groups in total. The minimum absolute atomic E-state index is 0.407.